The number of rotatable bonds is 3. The van der Waals surface area contributed by atoms with Gasteiger partial charge in [0, 0.05) is 24.7 Å². The molecule has 110 valence electrons. The van der Waals surface area contributed by atoms with Crippen molar-refractivity contribution in [1.29, 1.82) is 0 Å². The molecule has 1 fully saturated rings. The minimum Gasteiger partial charge on any atom is -0.353 e. The normalized spacial score (nSPS) is 21.8. The fourth-order valence-electron chi connectivity index (χ4n) is 3.02. The summed E-state index contributed by atoms with van der Waals surface area (Å²) < 4.78 is 0. The lowest BCUT2D eigenvalue weighted by molar-refractivity contribution is 0.694. The van der Waals surface area contributed by atoms with Crippen LogP contribution in [0.15, 0.2) is 41.7 Å². The highest BCUT2D eigenvalue weighted by molar-refractivity contribution is 7.98. The molecule has 0 spiro atoms. The molecule has 2 unspecified atom stereocenters. The molecule has 1 aliphatic heterocycles. The molecule has 2 aromatic rings. The summed E-state index contributed by atoms with van der Waals surface area (Å²) in [7, 11) is 0. The van der Waals surface area contributed by atoms with Gasteiger partial charge in [0.2, 0.25) is 0 Å². The third kappa shape index (κ3) is 3.05. The lowest BCUT2D eigenvalue weighted by Crippen LogP contribution is -2.27. The fraction of sp³-hybridized carbons (Fsp3) is 0.412. The summed E-state index contributed by atoms with van der Waals surface area (Å²) in [6.07, 6.45) is 5.06. The first-order valence-corrected chi connectivity index (χ1v) is 8.60. The van der Waals surface area contributed by atoms with Crippen molar-refractivity contribution >= 4 is 17.6 Å². The molecular weight excluding hydrogens is 278 g/mol. The van der Waals surface area contributed by atoms with Crippen LogP contribution in [0.5, 0.6) is 0 Å². The maximum Gasteiger partial charge on any atom is 0.189 e. The maximum absolute atomic E-state index is 4.64. The van der Waals surface area contributed by atoms with E-state index in [1.165, 1.54) is 17.5 Å². The number of hydrogen-bond acceptors (Lipinski definition) is 4. The van der Waals surface area contributed by atoms with Crippen LogP contribution in [0.3, 0.4) is 0 Å². The molecule has 0 bridgehead atoms. The molecule has 1 aromatic carbocycles. The largest absolute Gasteiger partial charge is 0.353 e. The van der Waals surface area contributed by atoms with Crippen LogP contribution < -0.4 is 4.90 Å². The summed E-state index contributed by atoms with van der Waals surface area (Å²) in [5.41, 5.74) is 2.76. The molecule has 1 aliphatic rings. The molecule has 0 aliphatic carbocycles. The molecule has 0 saturated carbocycles. The third-order valence-corrected chi connectivity index (χ3v) is 4.78. The lowest BCUT2D eigenvalue weighted by Gasteiger charge is -2.22. The summed E-state index contributed by atoms with van der Waals surface area (Å²) in [5.74, 6) is 1.64. The van der Waals surface area contributed by atoms with E-state index in [2.05, 4.69) is 53.0 Å². The van der Waals surface area contributed by atoms with Gasteiger partial charge in [-0.2, -0.15) is 0 Å². The maximum atomic E-state index is 4.64. The summed E-state index contributed by atoms with van der Waals surface area (Å²) in [4.78, 5) is 11.3. The standard InChI is InChI=1S/C17H21N3S/c1-12-4-6-14(7-5-12)15-10-13(2)20(11-15)16-8-9-18-17(19-16)21-3/h4-9,13,15H,10-11H2,1-3H3. The van der Waals surface area contributed by atoms with Gasteiger partial charge in [-0.3, -0.25) is 0 Å². The van der Waals surface area contributed by atoms with Gasteiger partial charge < -0.3 is 4.90 Å². The summed E-state index contributed by atoms with van der Waals surface area (Å²) in [5, 5.41) is 0.846. The Morgan fingerprint density at radius 3 is 2.67 bits per heavy atom. The van der Waals surface area contributed by atoms with Crippen molar-refractivity contribution in [3.63, 3.8) is 0 Å². The Morgan fingerprint density at radius 1 is 1.19 bits per heavy atom. The van der Waals surface area contributed by atoms with Gasteiger partial charge in [-0.15, -0.1) is 0 Å². The minimum atomic E-state index is 0.515. The molecule has 0 amide bonds. The first-order valence-electron chi connectivity index (χ1n) is 7.37. The van der Waals surface area contributed by atoms with Crippen LogP contribution in [0.4, 0.5) is 5.82 Å². The topological polar surface area (TPSA) is 29.0 Å². The molecule has 3 nitrogen and oxygen atoms in total. The third-order valence-electron chi connectivity index (χ3n) is 4.22. The zero-order valence-corrected chi connectivity index (χ0v) is 13.6. The van der Waals surface area contributed by atoms with Gasteiger partial charge in [-0.05, 0) is 38.2 Å². The number of benzene rings is 1. The summed E-state index contributed by atoms with van der Waals surface area (Å²) in [6.45, 7) is 5.46. The summed E-state index contributed by atoms with van der Waals surface area (Å²) in [6, 6.07) is 11.5. The monoisotopic (exact) mass is 299 g/mol. The van der Waals surface area contributed by atoms with Crippen LogP contribution >= 0.6 is 11.8 Å². The smallest absolute Gasteiger partial charge is 0.189 e. The molecule has 2 heterocycles. The van der Waals surface area contributed by atoms with Crippen LogP contribution in [-0.4, -0.2) is 28.8 Å². The van der Waals surface area contributed by atoms with Gasteiger partial charge in [0.15, 0.2) is 5.16 Å². The second-order valence-corrected chi connectivity index (χ2v) is 6.52. The molecule has 1 saturated heterocycles. The van der Waals surface area contributed by atoms with Gasteiger partial charge in [-0.25, -0.2) is 9.97 Å². The van der Waals surface area contributed by atoms with Crippen LogP contribution in [0, 0.1) is 6.92 Å². The quantitative estimate of drug-likeness (QED) is 0.635. The predicted octanol–water partition coefficient (Wildman–Crippen LogP) is 3.89. The van der Waals surface area contributed by atoms with Gasteiger partial charge in [0.05, 0.1) is 0 Å². The zero-order valence-electron chi connectivity index (χ0n) is 12.8. The number of aryl methyl sites for hydroxylation is 1. The fourth-order valence-corrected chi connectivity index (χ4v) is 3.37. The number of hydrogen-bond donors (Lipinski definition) is 0. The Hall–Kier alpha value is -1.55. The van der Waals surface area contributed by atoms with Crippen LogP contribution in [0.2, 0.25) is 0 Å². The van der Waals surface area contributed by atoms with E-state index in [0.29, 0.717) is 12.0 Å². The molecule has 4 heteroatoms. The van der Waals surface area contributed by atoms with Crippen LogP contribution in [0.25, 0.3) is 0 Å². The SMILES string of the molecule is CSc1nccc(N2CC(c3ccc(C)cc3)CC2C)n1. The predicted molar refractivity (Wildman–Crippen MR) is 89.2 cm³/mol. The number of aromatic nitrogens is 2. The number of nitrogens with zero attached hydrogens (tertiary/aromatic N) is 3. The Kier molecular flexibility index (Phi) is 4.15. The Balaban J connectivity index is 1.80. The van der Waals surface area contributed by atoms with Gasteiger partial charge in [0.1, 0.15) is 5.82 Å². The molecule has 0 radical (unpaired) electrons. The highest BCUT2D eigenvalue weighted by atomic mass is 32.2. The van der Waals surface area contributed by atoms with E-state index >= 15 is 0 Å². The molecule has 2 atom stereocenters. The Bertz CT molecular complexity index is 612. The van der Waals surface area contributed by atoms with E-state index < -0.39 is 0 Å². The van der Waals surface area contributed by atoms with Crippen molar-refractivity contribution < 1.29 is 0 Å². The zero-order chi connectivity index (χ0) is 14.8. The minimum absolute atomic E-state index is 0.515. The number of thioether (sulfide) groups is 1. The van der Waals surface area contributed by atoms with Crippen LogP contribution in [0.1, 0.15) is 30.4 Å². The second-order valence-electron chi connectivity index (χ2n) is 5.75. The Morgan fingerprint density at radius 2 is 1.95 bits per heavy atom. The van der Waals surface area contributed by atoms with Crippen LogP contribution in [-0.2, 0) is 0 Å². The summed E-state index contributed by atoms with van der Waals surface area (Å²) >= 11 is 1.59. The van der Waals surface area contributed by atoms with Crippen molar-refractivity contribution in [2.24, 2.45) is 0 Å². The van der Waals surface area contributed by atoms with E-state index in [-0.39, 0.29) is 0 Å². The van der Waals surface area contributed by atoms with Crippen molar-refractivity contribution in [2.45, 2.75) is 37.4 Å². The van der Waals surface area contributed by atoms with Gasteiger partial charge >= 0.3 is 0 Å². The van der Waals surface area contributed by atoms with E-state index in [4.69, 9.17) is 0 Å². The van der Waals surface area contributed by atoms with Crippen molar-refractivity contribution in [1.82, 2.24) is 9.97 Å². The van der Waals surface area contributed by atoms with Gasteiger partial charge in [0.25, 0.3) is 0 Å². The van der Waals surface area contributed by atoms with E-state index in [1.54, 1.807) is 11.8 Å². The molecule has 0 N–H and O–H groups in total. The van der Waals surface area contributed by atoms with Crippen molar-refractivity contribution in [3.8, 4) is 0 Å². The van der Waals surface area contributed by atoms with E-state index in [1.807, 2.05) is 18.5 Å². The van der Waals surface area contributed by atoms with E-state index in [0.717, 1.165) is 17.5 Å². The molecule has 3 rings (SSSR count). The second kappa shape index (κ2) is 6.06. The average Bonchev–Trinajstić information content (AvgIpc) is 2.90. The average molecular weight is 299 g/mol. The Labute approximate surface area is 130 Å². The van der Waals surface area contributed by atoms with E-state index in [9.17, 15) is 0 Å². The lowest BCUT2D eigenvalue weighted by atomic mass is 9.96. The molecule has 21 heavy (non-hydrogen) atoms. The van der Waals surface area contributed by atoms with Crippen molar-refractivity contribution in [3.05, 3.63) is 47.7 Å². The number of anilines is 1. The molecule has 1 aromatic heterocycles. The highest BCUT2D eigenvalue weighted by Gasteiger charge is 2.30. The first kappa shape index (κ1) is 14.4. The van der Waals surface area contributed by atoms with Crippen molar-refractivity contribution in [2.75, 3.05) is 17.7 Å². The molecular formula is C17H21N3S. The first-order chi connectivity index (χ1) is 10.2. The van der Waals surface area contributed by atoms with Gasteiger partial charge in [-0.1, -0.05) is 41.6 Å². The highest BCUT2D eigenvalue weighted by Crippen LogP contribution is 2.34.